The molecular weight excluding hydrogens is 264 g/mol. The van der Waals surface area contributed by atoms with E-state index >= 15 is 0 Å². The van der Waals surface area contributed by atoms with Crippen molar-refractivity contribution in [2.24, 2.45) is 5.92 Å². The molecule has 1 aliphatic carbocycles. The zero-order chi connectivity index (χ0) is 14.7. The van der Waals surface area contributed by atoms with Gasteiger partial charge in [0.05, 0.1) is 0 Å². The minimum absolute atomic E-state index is 0.212. The smallest absolute Gasteiger partial charge is 0.163 e. The van der Waals surface area contributed by atoms with Crippen molar-refractivity contribution in [3.63, 3.8) is 0 Å². The number of hydrogen-bond acceptors (Lipinski definition) is 5. The number of benzene rings is 1. The van der Waals surface area contributed by atoms with Crippen LogP contribution in [-0.4, -0.2) is 27.7 Å². The highest BCUT2D eigenvalue weighted by Gasteiger charge is 2.26. The summed E-state index contributed by atoms with van der Waals surface area (Å²) >= 11 is 0. The maximum absolute atomic E-state index is 9.40. The lowest BCUT2D eigenvalue weighted by atomic mass is 10.1. The summed E-state index contributed by atoms with van der Waals surface area (Å²) in [5.41, 5.74) is 6.84. The molecule has 2 unspecified atom stereocenters. The molecule has 0 radical (unpaired) electrons. The molecule has 0 saturated heterocycles. The van der Waals surface area contributed by atoms with E-state index in [1.54, 1.807) is 6.07 Å². The lowest BCUT2D eigenvalue weighted by molar-refractivity contribution is 0.222. The van der Waals surface area contributed by atoms with Crippen LogP contribution >= 0.6 is 0 Å². The Kier molecular flexibility index (Phi) is 4.01. The van der Waals surface area contributed by atoms with Gasteiger partial charge in [-0.15, -0.1) is 0 Å². The monoisotopic (exact) mass is 284 g/mol. The number of hydrogen-bond donors (Lipinski definition) is 3. The highest BCUT2D eigenvalue weighted by atomic mass is 16.3. The Morgan fingerprint density at radius 1 is 1.19 bits per heavy atom. The Balaban J connectivity index is 1.85. The third-order valence-electron chi connectivity index (χ3n) is 4.00. The van der Waals surface area contributed by atoms with Crippen molar-refractivity contribution in [2.45, 2.75) is 25.3 Å². The van der Waals surface area contributed by atoms with E-state index in [0.29, 0.717) is 17.6 Å². The first-order valence-electron chi connectivity index (χ1n) is 7.33. The summed E-state index contributed by atoms with van der Waals surface area (Å²) < 4.78 is 0. The number of rotatable bonds is 4. The SMILES string of the molecule is Nc1cc(NC2CCCC2CO)nc(-c2ccccc2)n1. The van der Waals surface area contributed by atoms with Crippen LogP contribution in [0, 0.1) is 5.92 Å². The minimum atomic E-state index is 0.212. The van der Waals surface area contributed by atoms with Crippen molar-refractivity contribution >= 4 is 11.6 Å². The Hall–Kier alpha value is -2.14. The van der Waals surface area contributed by atoms with E-state index in [1.165, 1.54) is 0 Å². The molecule has 1 aliphatic rings. The molecule has 1 aromatic heterocycles. The van der Waals surface area contributed by atoms with Crippen molar-refractivity contribution < 1.29 is 5.11 Å². The zero-order valence-corrected chi connectivity index (χ0v) is 11.9. The van der Waals surface area contributed by atoms with Gasteiger partial charge in [0.15, 0.2) is 5.82 Å². The van der Waals surface area contributed by atoms with Gasteiger partial charge in [0.2, 0.25) is 0 Å². The molecule has 0 amide bonds. The van der Waals surface area contributed by atoms with E-state index in [2.05, 4.69) is 15.3 Å². The highest BCUT2D eigenvalue weighted by Crippen LogP contribution is 2.28. The van der Waals surface area contributed by atoms with Gasteiger partial charge < -0.3 is 16.2 Å². The molecule has 5 nitrogen and oxygen atoms in total. The van der Waals surface area contributed by atoms with Crippen LogP contribution in [0.2, 0.25) is 0 Å². The molecule has 110 valence electrons. The maximum atomic E-state index is 9.40. The number of nitrogens with zero attached hydrogens (tertiary/aromatic N) is 2. The summed E-state index contributed by atoms with van der Waals surface area (Å²) in [5, 5.41) is 12.8. The van der Waals surface area contributed by atoms with Gasteiger partial charge in [-0.1, -0.05) is 36.8 Å². The van der Waals surface area contributed by atoms with Gasteiger partial charge in [0.1, 0.15) is 11.6 Å². The van der Waals surface area contributed by atoms with Crippen molar-refractivity contribution in [2.75, 3.05) is 17.7 Å². The number of aromatic nitrogens is 2. The Labute approximate surface area is 124 Å². The Morgan fingerprint density at radius 2 is 2.00 bits per heavy atom. The van der Waals surface area contributed by atoms with Crippen molar-refractivity contribution in [3.8, 4) is 11.4 Å². The molecule has 1 aromatic carbocycles. The predicted octanol–water partition coefficient (Wildman–Crippen LogP) is 2.30. The molecule has 4 N–H and O–H groups in total. The standard InChI is InChI=1S/C16H20N4O/c17-14-9-15(18-13-8-4-7-12(13)10-21)20-16(19-14)11-5-2-1-3-6-11/h1-3,5-6,9,12-13,21H,4,7-8,10H2,(H3,17,18,19,20). The third kappa shape index (κ3) is 3.13. The summed E-state index contributed by atoms with van der Waals surface area (Å²) in [4.78, 5) is 8.85. The fraction of sp³-hybridized carbons (Fsp3) is 0.375. The van der Waals surface area contributed by atoms with Gasteiger partial charge in [-0.25, -0.2) is 9.97 Å². The maximum Gasteiger partial charge on any atom is 0.163 e. The molecule has 0 aliphatic heterocycles. The zero-order valence-electron chi connectivity index (χ0n) is 11.9. The number of nitrogens with two attached hydrogens (primary N) is 1. The van der Waals surface area contributed by atoms with Crippen LogP contribution in [0.15, 0.2) is 36.4 Å². The molecule has 1 fully saturated rings. The summed E-state index contributed by atoms with van der Waals surface area (Å²) in [6.07, 6.45) is 3.24. The number of nitrogens with one attached hydrogen (secondary N) is 1. The topological polar surface area (TPSA) is 84.1 Å². The quantitative estimate of drug-likeness (QED) is 0.802. The average molecular weight is 284 g/mol. The number of nitrogen functional groups attached to an aromatic ring is 1. The van der Waals surface area contributed by atoms with Gasteiger partial charge in [-0.05, 0) is 12.8 Å². The van der Waals surface area contributed by atoms with Crippen LogP contribution in [0.3, 0.4) is 0 Å². The van der Waals surface area contributed by atoms with Crippen LogP contribution in [-0.2, 0) is 0 Å². The number of aliphatic hydroxyl groups excluding tert-OH is 1. The van der Waals surface area contributed by atoms with Crippen LogP contribution in [0.25, 0.3) is 11.4 Å². The van der Waals surface area contributed by atoms with E-state index in [4.69, 9.17) is 5.73 Å². The van der Waals surface area contributed by atoms with Gasteiger partial charge in [0.25, 0.3) is 0 Å². The van der Waals surface area contributed by atoms with E-state index in [-0.39, 0.29) is 12.6 Å². The first kappa shape index (κ1) is 13.8. The number of aliphatic hydroxyl groups is 1. The Morgan fingerprint density at radius 3 is 2.76 bits per heavy atom. The first-order chi connectivity index (χ1) is 10.3. The molecule has 0 bridgehead atoms. The van der Waals surface area contributed by atoms with Gasteiger partial charge in [0, 0.05) is 30.2 Å². The molecule has 2 atom stereocenters. The fourth-order valence-electron chi connectivity index (χ4n) is 2.89. The van der Waals surface area contributed by atoms with Crippen LogP contribution in [0.1, 0.15) is 19.3 Å². The minimum Gasteiger partial charge on any atom is -0.396 e. The lowest BCUT2D eigenvalue weighted by Crippen LogP contribution is -2.27. The van der Waals surface area contributed by atoms with Gasteiger partial charge in [-0.2, -0.15) is 0 Å². The largest absolute Gasteiger partial charge is 0.396 e. The van der Waals surface area contributed by atoms with Gasteiger partial charge >= 0.3 is 0 Å². The van der Waals surface area contributed by atoms with Crippen molar-refractivity contribution in [1.29, 1.82) is 0 Å². The molecule has 2 aromatic rings. The molecule has 1 heterocycles. The van der Waals surface area contributed by atoms with Crippen LogP contribution in [0.5, 0.6) is 0 Å². The second kappa shape index (κ2) is 6.10. The van der Waals surface area contributed by atoms with E-state index in [1.807, 2.05) is 30.3 Å². The van der Waals surface area contributed by atoms with Crippen LogP contribution < -0.4 is 11.1 Å². The fourth-order valence-corrected chi connectivity index (χ4v) is 2.89. The molecule has 1 saturated carbocycles. The molecule has 3 rings (SSSR count). The van der Waals surface area contributed by atoms with Crippen molar-refractivity contribution in [3.05, 3.63) is 36.4 Å². The van der Waals surface area contributed by atoms with Crippen LogP contribution in [0.4, 0.5) is 11.6 Å². The average Bonchev–Trinajstić information content (AvgIpc) is 2.95. The molecule has 0 spiro atoms. The first-order valence-corrected chi connectivity index (χ1v) is 7.33. The van der Waals surface area contributed by atoms with E-state index in [9.17, 15) is 5.11 Å². The predicted molar refractivity (Wildman–Crippen MR) is 83.7 cm³/mol. The highest BCUT2D eigenvalue weighted by molar-refractivity contribution is 5.60. The van der Waals surface area contributed by atoms with Gasteiger partial charge in [-0.3, -0.25) is 0 Å². The number of anilines is 2. The second-order valence-corrected chi connectivity index (χ2v) is 5.49. The summed E-state index contributed by atoms with van der Waals surface area (Å²) in [7, 11) is 0. The summed E-state index contributed by atoms with van der Waals surface area (Å²) in [5.74, 6) is 2.09. The molecule has 21 heavy (non-hydrogen) atoms. The lowest BCUT2D eigenvalue weighted by Gasteiger charge is -2.20. The molecular formula is C16H20N4O. The summed E-state index contributed by atoms with van der Waals surface area (Å²) in [6.45, 7) is 0.212. The Bertz CT molecular complexity index is 602. The second-order valence-electron chi connectivity index (χ2n) is 5.49. The van der Waals surface area contributed by atoms with Crippen molar-refractivity contribution in [1.82, 2.24) is 9.97 Å². The van der Waals surface area contributed by atoms with E-state index in [0.717, 1.165) is 30.6 Å². The van der Waals surface area contributed by atoms with E-state index < -0.39 is 0 Å². The molecule has 5 heteroatoms. The third-order valence-corrected chi connectivity index (χ3v) is 4.00. The summed E-state index contributed by atoms with van der Waals surface area (Å²) in [6, 6.07) is 11.8. The normalized spacial score (nSPS) is 21.4.